The lowest BCUT2D eigenvalue weighted by Crippen LogP contribution is -2.44. The monoisotopic (exact) mass is 253 g/mol. The van der Waals surface area contributed by atoms with Crippen molar-refractivity contribution in [2.45, 2.75) is 46.6 Å². The van der Waals surface area contributed by atoms with Gasteiger partial charge in [-0.25, -0.2) is 0 Å². The molecule has 0 radical (unpaired) electrons. The molecule has 0 saturated carbocycles. The third-order valence-corrected chi connectivity index (χ3v) is 3.63. The van der Waals surface area contributed by atoms with Gasteiger partial charge in [-0.3, -0.25) is 4.79 Å². The Morgan fingerprint density at radius 2 is 2.22 bits per heavy atom. The van der Waals surface area contributed by atoms with E-state index < -0.39 is 0 Å². The maximum atomic E-state index is 11.7. The van der Waals surface area contributed by atoms with Gasteiger partial charge in [0.05, 0.1) is 7.11 Å². The number of hydrogen-bond donors (Lipinski definition) is 1. The Kier molecular flexibility index (Phi) is 5.86. The molecule has 0 saturated heterocycles. The van der Waals surface area contributed by atoms with Gasteiger partial charge in [-0.15, -0.1) is 0 Å². The normalized spacial score (nSPS) is 25.8. The SMILES string of the molecule is COC(=O)[C@@H](NCC1CC(C)=CC(C)C1)C(C)C. The molecule has 0 aromatic carbocycles. The van der Waals surface area contributed by atoms with Crippen molar-refractivity contribution in [2.75, 3.05) is 13.7 Å². The van der Waals surface area contributed by atoms with Crippen molar-refractivity contribution in [2.24, 2.45) is 17.8 Å². The van der Waals surface area contributed by atoms with Crippen LogP contribution >= 0.6 is 0 Å². The molecule has 3 heteroatoms. The van der Waals surface area contributed by atoms with Gasteiger partial charge in [0.2, 0.25) is 0 Å². The maximum absolute atomic E-state index is 11.7. The van der Waals surface area contributed by atoms with Gasteiger partial charge < -0.3 is 10.1 Å². The molecule has 3 atom stereocenters. The fourth-order valence-corrected chi connectivity index (χ4v) is 2.85. The summed E-state index contributed by atoms with van der Waals surface area (Å²) in [6, 6.07) is -0.184. The van der Waals surface area contributed by atoms with Crippen molar-refractivity contribution in [3.63, 3.8) is 0 Å². The Bertz CT molecular complexity index is 310. The van der Waals surface area contributed by atoms with Gasteiger partial charge in [0.25, 0.3) is 0 Å². The second-order valence-electron chi connectivity index (χ2n) is 5.95. The molecule has 0 aromatic rings. The molecular weight excluding hydrogens is 226 g/mol. The number of ether oxygens (including phenoxy) is 1. The van der Waals surface area contributed by atoms with Crippen LogP contribution in [0.4, 0.5) is 0 Å². The average Bonchev–Trinajstić information content (AvgIpc) is 2.27. The summed E-state index contributed by atoms with van der Waals surface area (Å²) >= 11 is 0. The van der Waals surface area contributed by atoms with Gasteiger partial charge in [-0.05, 0) is 44.1 Å². The van der Waals surface area contributed by atoms with Crippen LogP contribution < -0.4 is 5.32 Å². The van der Waals surface area contributed by atoms with Crippen LogP contribution in [-0.2, 0) is 9.53 Å². The van der Waals surface area contributed by atoms with E-state index in [2.05, 4.69) is 25.2 Å². The molecule has 0 fully saturated rings. The van der Waals surface area contributed by atoms with Crippen molar-refractivity contribution in [1.29, 1.82) is 0 Å². The molecule has 0 bridgehead atoms. The molecular formula is C15H27NO2. The molecule has 104 valence electrons. The minimum absolute atomic E-state index is 0.152. The standard InChI is InChI=1S/C15H27NO2/c1-10(2)14(15(17)18-5)16-9-13-7-11(3)6-12(4)8-13/h6,10-11,13-14,16H,7-9H2,1-5H3/t11?,13?,14-/m0/s1. The van der Waals surface area contributed by atoms with Crippen molar-refractivity contribution < 1.29 is 9.53 Å². The number of hydrogen-bond acceptors (Lipinski definition) is 3. The second-order valence-corrected chi connectivity index (χ2v) is 5.95. The number of rotatable bonds is 5. The molecule has 0 amide bonds. The molecule has 1 N–H and O–H groups in total. The van der Waals surface area contributed by atoms with E-state index in [4.69, 9.17) is 4.74 Å². The van der Waals surface area contributed by atoms with Crippen molar-refractivity contribution in [3.8, 4) is 0 Å². The summed E-state index contributed by atoms with van der Waals surface area (Å²) in [5, 5.41) is 3.38. The van der Waals surface area contributed by atoms with Gasteiger partial charge in [0, 0.05) is 0 Å². The molecule has 1 aliphatic carbocycles. The minimum Gasteiger partial charge on any atom is -0.468 e. The van der Waals surface area contributed by atoms with E-state index >= 15 is 0 Å². The molecule has 0 aliphatic heterocycles. The first-order valence-corrected chi connectivity index (χ1v) is 6.92. The van der Waals surface area contributed by atoms with Crippen molar-refractivity contribution >= 4 is 5.97 Å². The van der Waals surface area contributed by atoms with E-state index in [0.717, 1.165) is 13.0 Å². The minimum atomic E-state index is -0.184. The zero-order valence-electron chi connectivity index (χ0n) is 12.3. The fraction of sp³-hybridized carbons (Fsp3) is 0.800. The largest absolute Gasteiger partial charge is 0.468 e. The third-order valence-electron chi connectivity index (χ3n) is 3.63. The van der Waals surface area contributed by atoms with Gasteiger partial charge in [-0.2, -0.15) is 0 Å². The number of methoxy groups -OCH3 is 1. The fourth-order valence-electron chi connectivity index (χ4n) is 2.85. The van der Waals surface area contributed by atoms with E-state index in [-0.39, 0.29) is 17.9 Å². The predicted octanol–water partition coefficient (Wildman–Crippen LogP) is 2.77. The van der Waals surface area contributed by atoms with Crippen LogP contribution in [0.25, 0.3) is 0 Å². The topological polar surface area (TPSA) is 38.3 Å². The van der Waals surface area contributed by atoms with Crippen LogP contribution in [0.15, 0.2) is 11.6 Å². The average molecular weight is 253 g/mol. The van der Waals surface area contributed by atoms with Crippen LogP contribution in [0.1, 0.15) is 40.5 Å². The van der Waals surface area contributed by atoms with Crippen molar-refractivity contribution in [3.05, 3.63) is 11.6 Å². The number of carbonyl (C=O) groups excluding carboxylic acids is 1. The van der Waals surface area contributed by atoms with Crippen LogP contribution in [0.5, 0.6) is 0 Å². The summed E-state index contributed by atoms with van der Waals surface area (Å²) in [5.74, 6) is 1.40. The highest BCUT2D eigenvalue weighted by Crippen LogP contribution is 2.27. The summed E-state index contributed by atoms with van der Waals surface area (Å²) in [5.41, 5.74) is 1.47. The van der Waals surface area contributed by atoms with Crippen molar-refractivity contribution in [1.82, 2.24) is 5.32 Å². The first-order chi connectivity index (χ1) is 8.43. The quantitative estimate of drug-likeness (QED) is 0.605. The van der Waals surface area contributed by atoms with E-state index in [9.17, 15) is 4.79 Å². The Hall–Kier alpha value is -0.830. The Labute approximate surface area is 111 Å². The number of carbonyl (C=O) groups is 1. The molecule has 1 aliphatic rings. The smallest absolute Gasteiger partial charge is 0.323 e. The molecule has 2 unspecified atom stereocenters. The Morgan fingerprint density at radius 3 is 2.72 bits per heavy atom. The molecule has 3 nitrogen and oxygen atoms in total. The van der Waals surface area contributed by atoms with Crippen LogP contribution in [0.2, 0.25) is 0 Å². The molecule has 0 aromatic heterocycles. The first-order valence-electron chi connectivity index (χ1n) is 6.92. The third kappa shape index (κ3) is 4.45. The highest BCUT2D eigenvalue weighted by molar-refractivity contribution is 5.75. The summed E-state index contributed by atoms with van der Waals surface area (Å²) in [6.45, 7) is 9.44. The lowest BCUT2D eigenvalue weighted by atomic mass is 9.83. The Balaban J connectivity index is 2.48. The summed E-state index contributed by atoms with van der Waals surface area (Å²) in [6.07, 6.45) is 4.70. The van der Waals surface area contributed by atoms with Crippen LogP contribution in [-0.4, -0.2) is 25.7 Å². The highest BCUT2D eigenvalue weighted by atomic mass is 16.5. The van der Waals surface area contributed by atoms with Gasteiger partial charge in [0.1, 0.15) is 6.04 Å². The van der Waals surface area contributed by atoms with Crippen LogP contribution in [0, 0.1) is 17.8 Å². The summed E-state index contributed by atoms with van der Waals surface area (Å²) in [4.78, 5) is 11.7. The number of nitrogens with one attached hydrogen (secondary N) is 1. The maximum Gasteiger partial charge on any atom is 0.323 e. The highest BCUT2D eigenvalue weighted by Gasteiger charge is 2.25. The zero-order valence-corrected chi connectivity index (χ0v) is 12.3. The van der Waals surface area contributed by atoms with E-state index in [0.29, 0.717) is 11.8 Å². The van der Waals surface area contributed by atoms with Gasteiger partial charge in [-0.1, -0.05) is 32.4 Å². The van der Waals surface area contributed by atoms with Gasteiger partial charge in [0.15, 0.2) is 0 Å². The van der Waals surface area contributed by atoms with E-state index in [1.165, 1.54) is 19.1 Å². The summed E-state index contributed by atoms with van der Waals surface area (Å²) < 4.78 is 4.84. The lowest BCUT2D eigenvalue weighted by molar-refractivity contribution is -0.144. The molecule has 18 heavy (non-hydrogen) atoms. The number of esters is 1. The number of allylic oxidation sites excluding steroid dienone is 2. The Morgan fingerprint density at radius 1 is 1.56 bits per heavy atom. The van der Waals surface area contributed by atoms with Gasteiger partial charge >= 0.3 is 5.97 Å². The zero-order chi connectivity index (χ0) is 13.7. The summed E-state index contributed by atoms with van der Waals surface area (Å²) in [7, 11) is 1.45. The molecule has 0 spiro atoms. The predicted molar refractivity (Wildman–Crippen MR) is 74.3 cm³/mol. The molecule has 1 rings (SSSR count). The second kappa shape index (κ2) is 6.93. The van der Waals surface area contributed by atoms with Crippen LogP contribution in [0.3, 0.4) is 0 Å². The lowest BCUT2D eigenvalue weighted by Gasteiger charge is -2.28. The molecule has 0 heterocycles. The van der Waals surface area contributed by atoms with E-state index in [1.54, 1.807) is 0 Å². The van der Waals surface area contributed by atoms with E-state index in [1.807, 2.05) is 13.8 Å². The first kappa shape index (κ1) is 15.2.